The zero-order valence-electron chi connectivity index (χ0n) is 22.1. The van der Waals surface area contributed by atoms with Crippen molar-refractivity contribution in [2.24, 2.45) is 5.73 Å². The highest BCUT2D eigenvalue weighted by atomic mass is 16.2. The predicted molar refractivity (Wildman–Crippen MR) is 151 cm³/mol. The van der Waals surface area contributed by atoms with Gasteiger partial charge in [0.05, 0.1) is 12.2 Å². The van der Waals surface area contributed by atoms with Crippen LogP contribution in [0, 0.1) is 0 Å². The molecular formula is C30H35N5O3. The molecule has 1 aliphatic heterocycles. The maximum absolute atomic E-state index is 13.7. The lowest BCUT2D eigenvalue weighted by Crippen LogP contribution is -2.49. The van der Waals surface area contributed by atoms with E-state index in [1.165, 1.54) is 0 Å². The van der Waals surface area contributed by atoms with Crippen LogP contribution < -0.4 is 26.6 Å². The lowest BCUT2D eigenvalue weighted by atomic mass is 10.0. The van der Waals surface area contributed by atoms with Gasteiger partial charge < -0.3 is 26.6 Å². The monoisotopic (exact) mass is 513 g/mol. The molecule has 198 valence electrons. The Morgan fingerprint density at radius 1 is 1.00 bits per heavy atom. The molecule has 8 heteroatoms. The van der Waals surface area contributed by atoms with Crippen LogP contribution in [-0.2, 0) is 22.6 Å². The molecule has 1 heterocycles. The van der Waals surface area contributed by atoms with Gasteiger partial charge in [-0.05, 0) is 55.5 Å². The maximum Gasteiger partial charge on any atom is 0.318 e. The van der Waals surface area contributed by atoms with Crippen molar-refractivity contribution in [3.05, 3.63) is 83.9 Å². The number of nitrogens with two attached hydrogens (primary N) is 1. The van der Waals surface area contributed by atoms with E-state index in [0.717, 1.165) is 27.9 Å². The summed E-state index contributed by atoms with van der Waals surface area (Å²) >= 11 is 0. The zero-order chi connectivity index (χ0) is 27.3. The molecular weight excluding hydrogens is 478 g/mol. The average Bonchev–Trinajstić information content (AvgIpc) is 3.01. The van der Waals surface area contributed by atoms with E-state index in [4.69, 9.17) is 5.73 Å². The van der Waals surface area contributed by atoms with Gasteiger partial charge in [0, 0.05) is 30.3 Å². The van der Waals surface area contributed by atoms with E-state index in [-0.39, 0.29) is 24.3 Å². The van der Waals surface area contributed by atoms with Crippen LogP contribution in [0.5, 0.6) is 0 Å². The van der Waals surface area contributed by atoms with Crippen LogP contribution in [0.2, 0.25) is 0 Å². The number of carbonyl (C=O) groups excluding carboxylic acids is 3. The van der Waals surface area contributed by atoms with Crippen molar-refractivity contribution in [3.8, 4) is 11.1 Å². The Kier molecular flexibility index (Phi) is 8.12. The standard InChI is InChI=1S/C30H35N5O3/c1-30(2,31)18-27(36)33-25-17-16-22-8-4-7-11-26(22)35(28(25)37)19-20-12-14-21(15-13-20)23-9-5-6-10-24(23)34-29(38)32-3/h4-15,25H,16-19,31H2,1-3H3,(H,33,36)(H2,32,34,38)/t25-/m1/s1. The highest BCUT2D eigenvalue weighted by Crippen LogP contribution is 2.31. The second-order valence-electron chi connectivity index (χ2n) is 10.3. The van der Waals surface area contributed by atoms with Crippen LogP contribution in [0.4, 0.5) is 16.2 Å². The number of nitrogens with one attached hydrogen (secondary N) is 3. The molecule has 1 atom stereocenters. The van der Waals surface area contributed by atoms with Crippen molar-refractivity contribution < 1.29 is 14.4 Å². The third-order valence-electron chi connectivity index (χ3n) is 6.51. The van der Waals surface area contributed by atoms with Gasteiger partial charge >= 0.3 is 6.03 Å². The van der Waals surface area contributed by atoms with E-state index in [0.29, 0.717) is 25.1 Å². The Bertz CT molecular complexity index is 1310. The Labute approximate surface area is 223 Å². The van der Waals surface area contributed by atoms with Gasteiger partial charge in [0.1, 0.15) is 6.04 Å². The van der Waals surface area contributed by atoms with Gasteiger partial charge in [-0.25, -0.2) is 4.79 Å². The molecule has 38 heavy (non-hydrogen) atoms. The number of carbonyl (C=O) groups is 3. The third-order valence-corrected chi connectivity index (χ3v) is 6.51. The van der Waals surface area contributed by atoms with Gasteiger partial charge in [-0.15, -0.1) is 0 Å². The molecule has 0 aromatic heterocycles. The summed E-state index contributed by atoms with van der Waals surface area (Å²) in [6, 6.07) is 22.5. The van der Waals surface area contributed by atoms with Gasteiger partial charge in [0.25, 0.3) is 0 Å². The number of hydrogen-bond acceptors (Lipinski definition) is 4. The van der Waals surface area contributed by atoms with Crippen LogP contribution in [0.1, 0.15) is 37.8 Å². The number of urea groups is 1. The fourth-order valence-corrected chi connectivity index (χ4v) is 4.67. The molecule has 3 aromatic rings. The van der Waals surface area contributed by atoms with E-state index in [1.54, 1.807) is 25.8 Å². The number of amides is 4. The van der Waals surface area contributed by atoms with Gasteiger partial charge in [0.15, 0.2) is 0 Å². The molecule has 1 aliphatic rings. The number of hydrogen-bond donors (Lipinski definition) is 4. The summed E-state index contributed by atoms with van der Waals surface area (Å²) in [6.07, 6.45) is 1.35. The lowest BCUT2D eigenvalue weighted by molar-refractivity contribution is -0.128. The van der Waals surface area contributed by atoms with Gasteiger partial charge in [-0.2, -0.15) is 0 Å². The van der Waals surface area contributed by atoms with E-state index < -0.39 is 11.6 Å². The number of benzene rings is 3. The summed E-state index contributed by atoms with van der Waals surface area (Å²) < 4.78 is 0. The topological polar surface area (TPSA) is 117 Å². The largest absolute Gasteiger partial charge is 0.344 e. The fourth-order valence-electron chi connectivity index (χ4n) is 4.67. The quantitative estimate of drug-likeness (QED) is 0.379. The van der Waals surface area contributed by atoms with Crippen LogP contribution in [0.25, 0.3) is 11.1 Å². The molecule has 0 fully saturated rings. The van der Waals surface area contributed by atoms with Crippen molar-refractivity contribution in [1.29, 1.82) is 0 Å². The zero-order valence-corrected chi connectivity index (χ0v) is 22.1. The molecule has 0 saturated carbocycles. The number of aryl methyl sites for hydroxylation is 1. The van der Waals surface area contributed by atoms with Crippen LogP contribution in [0.3, 0.4) is 0 Å². The van der Waals surface area contributed by atoms with Crippen LogP contribution in [-0.4, -0.2) is 36.5 Å². The number of rotatable bonds is 7. The second kappa shape index (κ2) is 11.5. The molecule has 0 spiro atoms. The summed E-state index contributed by atoms with van der Waals surface area (Å²) in [5, 5.41) is 8.35. The molecule has 0 radical (unpaired) electrons. The molecule has 0 saturated heterocycles. The van der Waals surface area contributed by atoms with Gasteiger partial charge in [-0.3, -0.25) is 9.59 Å². The van der Waals surface area contributed by atoms with Crippen molar-refractivity contribution in [2.75, 3.05) is 17.3 Å². The first-order valence-electron chi connectivity index (χ1n) is 12.8. The Balaban J connectivity index is 1.57. The van der Waals surface area contributed by atoms with Gasteiger partial charge in [0.2, 0.25) is 11.8 Å². The average molecular weight is 514 g/mol. The number of anilines is 2. The smallest absolute Gasteiger partial charge is 0.318 e. The van der Waals surface area contributed by atoms with E-state index >= 15 is 0 Å². The normalized spacial score (nSPS) is 15.3. The fraction of sp³-hybridized carbons (Fsp3) is 0.300. The van der Waals surface area contributed by atoms with E-state index in [2.05, 4.69) is 16.0 Å². The maximum atomic E-state index is 13.7. The first-order valence-corrected chi connectivity index (χ1v) is 12.8. The first-order chi connectivity index (χ1) is 18.1. The predicted octanol–water partition coefficient (Wildman–Crippen LogP) is 4.20. The molecule has 0 bridgehead atoms. The minimum Gasteiger partial charge on any atom is -0.344 e. The van der Waals surface area contributed by atoms with Crippen molar-refractivity contribution in [2.45, 2.75) is 51.2 Å². The molecule has 4 amide bonds. The lowest BCUT2D eigenvalue weighted by Gasteiger charge is -2.27. The van der Waals surface area contributed by atoms with Crippen LogP contribution >= 0.6 is 0 Å². The first kappa shape index (κ1) is 26.9. The SMILES string of the molecule is CNC(=O)Nc1ccccc1-c1ccc(CN2C(=O)[C@H](NC(=O)CC(C)(C)N)CCc3ccccc32)cc1. The van der Waals surface area contributed by atoms with E-state index in [9.17, 15) is 14.4 Å². The van der Waals surface area contributed by atoms with Crippen molar-refractivity contribution >= 4 is 29.2 Å². The number of nitrogens with zero attached hydrogens (tertiary/aromatic N) is 1. The molecule has 5 N–H and O–H groups in total. The van der Waals surface area contributed by atoms with Crippen LogP contribution in [0.15, 0.2) is 72.8 Å². The summed E-state index contributed by atoms with van der Waals surface area (Å²) in [7, 11) is 1.57. The number of para-hydroxylation sites is 2. The van der Waals surface area contributed by atoms with Gasteiger partial charge in [-0.1, -0.05) is 60.7 Å². The third kappa shape index (κ3) is 6.58. The molecule has 0 aliphatic carbocycles. The Hall–Kier alpha value is -4.17. The molecule has 3 aromatic carbocycles. The Morgan fingerprint density at radius 3 is 2.39 bits per heavy atom. The minimum atomic E-state index is -0.656. The molecule has 4 rings (SSSR count). The second-order valence-corrected chi connectivity index (χ2v) is 10.3. The highest BCUT2D eigenvalue weighted by molar-refractivity contribution is 6.00. The minimum absolute atomic E-state index is 0.137. The summed E-state index contributed by atoms with van der Waals surface area (Å²) in [4.78, 5) is 40.0. The molecule has 8 nitrogen and oxygen atoms in total. The number of fused-ring (bicyclic) bond motifs is 1. The molecule has 0 unspecified atom stereocenters. The summed E-state index contributed by atoms with van der Waals surface area (Å²) in [6.45, 7) is 3.95. The van der Waals surface area contributed by atoms with Crippen molar-refractivity contribution in [3.63, 3.8) is 0 Å². The highest BCUT2D eigenvalue weighted by Gasteiger charge is 2.32. The summed E-state index contributed by atoms with van der Waals surface area (Å²) in [5.41, 5.74) is 10.8. The summed E-state index contributed by atoms with van der Waals surface area (Å²) in [5.74, 6) is -0.363. The van der Waals surface area contributed by atoms with Crippen molar-refractivity contribution in [1.82, 2.24) is 10.6 Å². The Morgan fingerprint density at radius 2 is 1.68 bits per heavy atom. The van der Waals surface area contributed by atoms with E-state index in [1.807, 2.05) is 72.8 Å².